The first-order valence-corrected chi connectivity index (χ1v) is 8.40. The van der Waals surface area contributed by atoms with E-state index in [1.807, 2.05) is 42.1 Å². The third kappa shape index (κ3) is 3.94. The van der Waals surface area contributed by atoms with Gasteiger partial charge in [0.1, 0.15) is 11.0 Å². The molecule has 0 fully saturated rings. The molecule has 1 aromatic heterocycles. The number of hydrogen-bond donors (Lipinski definition) is 0. The van der Waals surface area contributed by atoms with Crippen LogP contribution in [0.4, 0.5) is 0 Å². The van der Waals surface area contributed by atoms with Crippen molar-refractivity contribution in [1.82, 2.24) is 9.97 Å². The second-order valence-corrected chi connectivity index (χ2v) is 6.27. The lowest BCUT2D eigenvalue weighted by Gasteiger charge is -2.08. The van der Waals surface area contributed by atoms with Crippen molar-refractivity contribution >= 4 is 39.3 Å². The number of nitrogens with zero attached hydrogens (tertiary/aromatic N) is 2. The van der Waals surface area contributed by atoms with Crippen LogP contribution in [0.3, 0.4) is 0 Å². The lowest BCUT2D eigenvalue weighted by atomic mass is 10.1. The molecule has 2 aromatic rings. The van der Waals surface area contributed by atoms with Crippen molar-refractivity contribution < 1.29 is 0 Å². The van der Waals surface area contributed by atoms with Crippen LogP contribution in [0.2, 0.25) is 5.15 Å². The zero-order chi connectivity index (χ0) is 13.7. The molecule has 0 aliphatic heterocycles. The third-order valence-electron chi connectivity index (χ3n) is 2.48. The number of rotatable bonds is 5. The summed E-state index contributed by atoms with van der Waals surface area (Å²) in [5.41, 5.74) is 1.90. The Morgan fingerprint density at radius 3 is 2.63 bits per heavy atom. The van der Waals surface area contributed by atoms with Crippen LogP contribution < -0.4 is 0 Å². The fraction of sp³-hybridized carbons (Fsp3) is 0.286. The first-order valence-electron chi connectivity index (χ1n) is 6.07. The van der Waals surface area contributed by atoms with Crippen molar-refractivity contribution in [2.24, 2.45) is 0 Å². The fourth-order valence-electron chi connectivity index (χ4n) is 1.62. The summed E-state index contributed by atoms with van der Waals surface area (Å²) in [6.45, 7) is 2.16. The second kappa shape index (κ2) is 7.27. The molecule has 2 rings (SSSR count). The molecule has 0 saturated heterocycles. The number of thioether (sulfide) groups is 1. The van der Waals surface area contributed by atoms with Crippen LogP contribution in [-0.2, 0) is 5.75 Å². The van der Waals surface area contributed by atoms with Gasteiger partial charge in [-0.2, -0.15) is 11.8 Å². The van der Waals surface area contributed by atoms with Crippen molar-refractivity contribution in [2.45, 2.75) is 19.1 Å². The van der Waals surface area contributed by atoms with E-state index < -0.39 is 0 Å². The minimum Gasteiger partial charge on any atom is -0.231 e. The number of halogens is 2. The molecule has 0 saturated carbocycles. The molecule has 0 bridgehead atoms. The Balaban J connectivity index is 2.32. The lowest BCUT2D eigenvalue weighted by Crippen LogP contribution is -1.98. The highest BCUT2D eigenvalue weighted by molar-refractivity contribution is 9.10. The van der Waals surface area contributed by atoms with E-state index in [4.69, 9.17) is 11.6 Å². The molecule has 100 valence electrons. The predicted molar refractivity (Wildman–Crippen MR) is 86.6 cm³/mol. The van der Waals surface area contributed by atoms with Crippen LogP contribution in [0.25, 0.3) is 11.3 Å². The van der Waals surface area contributed by atoms with Gasteiger partial charge in [0.25, 0.3) is 0 Å². The van der Waals surface area contributed by atoms with E-state index in [1.54, 1.807) is 0 Å². The highest BCUT2D eigenvalue weighted by Gasteiger charge is 2.12. The first-order chi connectivity index (χ1) is 9.22. The zero-order valence-electron chi connectivity index (χ0n) is 10.6. The van der Waals surface area contributed by atoms with Crippen LogP contribution >= 0.6 is 39.3 Å². The topological polar surface area (TPSA) is 25.8 Å². The summed E-state index contributed by atoms with van der Waals surface area (Å²) >= 11 is 11.5. The molecule has 0 radical (unpaired) electrons. The molecular weight excluding hydrogens is 344 g/mol. The molecule has 2 nitrogen and oxygen atoms in total. The molecule has 0 unspecified atom stereocenters. The quantitative estimate of drug-likeness (QED) is 0.543. The van der Waals surface area contributed by atoms with Gasteiger partial charge in [0.05, 0.1) is 15.9 Å². The largest absolute Gasteiger partial charge is 0.231 e. The maximum Gasteiger partial charge on any atom is 0.147 e. The predicted octanol–water partition coefficient (Wildman–Crippen LogP) is 5.20. The average molecular weight is 358 g/mol. The van der Waals surface area contributed by atoms with Gasteiger partial charge in [-0.05, 0) is 28.1 Å². The van der Waals surface area contributed by atoms with Gasteiger partial charge in [0.15, 0.2) is 0 Å². The van der Waals surface area contributed by atoms with Crippen LogP contribution in [0, 0.1) is 0 Å². The van der Waals surface area contributed by atoms with Crippen LogP contribution in [0.5, 0.6) is 0 Å². The summed E-state index contributed by atoms with van der Waals surface area (Å²) in [6.07, 6.45) is 1.15. The standard InChI is InChI=1S/C14H14BrClN2S/c1-2-8-19-9-11-17-13(12(15)14(16)18-11)10-6-4-3-5-7-10/h3-7H,2,8-9H2,1H3. The van der Waals surface area contributed by atoms with E-state index in [0.717, 1.165) is 39.5 Å². The Bertz CT molecular complexity index is 549. The Labute approximate surface area is 131 Å². The van der Waals surface area contributed by atoms with Gasteiger partial charge < -0.3 is 0 Å². The molecule has 0 atom stereocenters. The van der Waals surface area contributed by atoms with E-state index in [0.29, 0.717) is 5.15 Å². The first kappa shape index (κ1) is 14.8. The lowest BCUT2D eigenvalue weighted by molar-refractivity contribution is 1.02. The minimum absolute atomic E-state index is 0.473. The smallest absolute Gasteiger partial charge is 0.147 e. The van der Waals surface area contributed by atoms with Gasteiger partial charge in [-0.3, -0.25) is 0 Å². The number of aromatic nitrogens is 2. The fourth-order valence-corrected chi connectivity index (χ4v) is 2.96. The van der Waals surface area contributed by atoms with Gasteiger partial charge in [0.2, 0.25) is 0 Å². The summed E-state index contributed by atoms with van der Waals surface area (Å²) < 4.78 is 0.754. The van der Waals surface area contributed by atoms with Gasteiger partial charge >= 0.3 is 0 Å². The summed E-state index contributed by atoms with van der Waals surface area (Å²) in [5.74, 6) is 2.68. The summed E-state index contributed by atoms with van der Waals surface area (Å²) in [6, 6.07) is 10.0. The van der Waals surface area contributed by atoms with Gasteiger partial charge in [-0.15, -0.1) is 0 Å². The molecule has 1 aromatic carbocycles. The van der Waals surface area contributed by atoms with Crippen molar-refractivity contribution in [3.63, 3.8) is 0 Å². The Morgan fingerprint density at radius 1 is 1.21 bits per heavy atom. The monoisotopic (exact) mass is 356 g/mol. The molecule has 0 aliphatic rings. The normalized spacial score (nSPS) is 10.7. The van der Waals surface area contributed by atoms with Crippen molar-refractivity contribution in [2.75, 3.05) is 5.75 Å². The van der Waals surface area contributed by atoms with Gasteiger partial charge in [0, 0.05) is 5.56 Å². The van der Waals surface area contributed by atoms with E-state index in [-0.39, 0.29) is 0 Å². The SMILES string of the molecule is CCCSCc1nc(Cl)c(Br)c(-c2ccccc2)n1. The Morgan fingerprint density at radius 2 is 1.95 bits per heavy atom. The van der Waals surface area contributed by atoms with Crippen LogP contribution in [-0.4, -0.2) is 15.7 Å². The van der Waals surface area contributed by atoms with Crippen LogP contribution in [0.1, 0.15) is 19.2 Å². The second-order valence-electron chi connectivity index (χ2n) is 4.01. The van der Waals surface area contributed by atoms with Crippen LogP contribution in [0.15, 0.2) is 34.8 Å². The zero-order valence-corrected chi connectivity index (χ0v) is 13.7. The third-order valence-corrected chi connectivity index (χ3v) is 4.90. The van der Waals surface area contributed by atoms with Crippen molar-refractivity contribution in [3.05, 3.63) is 45.8 Å². The van der Waals surface area contributed by atoms with Crippen molar-refractivity contribution in [3.8, 4) is 11.3 Å². The van der Waals surface area contributed by atoms with E-state index >= 15 is 0 Å². The van der Waals surface area contributed by atoms with E-state index in [9.17, 15) is 0 Å². The molecule has 0 N–H and O–H groups in total. The van der Waals surface area contributed by atoms with Crippen molar-refractivity contribution in [1.29, 1.82) is 0 Å². The Hall–Kier alpha value is -0.580. The van der Waals surface area contributed by atoms with Gasteiger partial charge in [-0.25, -0.2) is 9.97 Å². The Kier molecular flexibility index (Phi) is 5.67. The number of benzene rings is 1. The van der Waals surface area contributed by atoms with E-state index in [1.165, 1.54) is 0 Å². The highest BCUT2D eigenvalue weighted by Crippen LogP contribution is 2.31. The minimum atomic E-state index is 0.473. The molecular formula is C14H14BrClN2S. The van der Waals surface area contributed by atoms with Gasteiger partial charge in [-0.1, -0.05) is 48.9 Å². The maximum atomic E-state index is 6.17. The highest BCUT2D eigenvalue weighted by atomic mass is 79.9. The summed E-state index contributed by atoms with van der Waals surface area (Å²) in [5, 5.41) is 0.473. The average Bonchev–Trinajstić information content (AvgIpc) is 2.44. The maximum absolute atomic E-state index is 6.17. The number of hydrogen-bond acceptors (Lipinski definition) is 3. The summed E-state index contributed by atoms with van der Waals surface area (Å²) in [4.78, 5) is 8.93. The molecule has 0 amide bonds. The summed E-state index contributed by atoms with van der Waals surface area (Å²) in [7, 11) is 0. The molecule has 19 heavy (non-hydrogen) atoms. The molecule has 0 aliphatic carbocycles. The molecule has 5 heteroatoms. The molecule has 1 heterocycles. The molecule has 0 spiro atoms. The van der Waals surface area contributed by atoms with E-state index in [2.05, 4.69) is 32.8 Å².